The van der Waals surface area contributed by atoms with Crippen molar-refractivity contribution in [2.75, 3.05) is 24.8 Å². The lowest BCUT2D eigenvalue weighted by Crippen LogP contribution is -2.43. The molecule has 1 unspecified atom stereocenters. The molecule has 1 saturated carbocycles. The first kappa shape index (κ1) is 15.2. The highest BCUT2D eigenvalue weighted by Gasteiger charge is 2.32. The molecule has 1 aliphatic rings. The van der Waals surface area contributed by atoms with Gasteiger partial charge in [0.05, 0.1) is 12.4 Å². The third kappa shape index (κ3) is 4.39. The van der Waals surface area contributed by atoms with E-state index in [0.717, 1.165) is 25.7 Å². The van der Waals surface area contributed by atoms with Crippen LogP contribution in [0.15, 0.2) is 0 Å². The zero-order valence-electron chi connectivity index (χ0n) is 10.3. The first-order valence-electron chi connectivity index (χ1n) is 6.17. The molecule has 0 heterocycles. The quantitative estimate of drug-likeness (QED) is 0.719. The molecule has 102 valence electrons. The van der Waals surface area contributed by atoms with E-state index in [4.69, 9.17) is 16.7 Å². The van der Waals surface area contributed by atoms with Gasteiger partial charge in [0, 0.05) is 18.5 Å². The minimum Gasteiger partial charge on any atom is -0.395 e. The number of hydrogen-bond acceptors (Lipinski definition) is 3. The molecule has 4 nitrogen and oxygen atoms in total. The minimum absolute atomic E-state index is 0.0516. The summed E-state index contributed by atoms with van der Waals surface area (Å²) in [5.74, 6) is 0.369. The van der Waals surface area contributed by atoms with Crippen molar-refractivity contribution in [3.05, 3.63) is 0 Å². The van der Waals surface area contributed by atoms with Gasteiger partial charge in [-0.3, -0.25) is 0 Å². The van der Waals surface area contributed by atoms with E-state index < -0.39 is 10.0 Å². The lowest BCUT2D eigenvalue weighted by atomic mass is 10.2. The first-order valence-corrected chi connectivity index (χ1v) is 8.32. The molecule has 0 saturated heterocycles. The zero-order valence-corrected chi connectivity index (χ0v) is 11.9. The van der Waals surface area contributed by atoms with Gasteiger partial charge < -0.3 is 5.11 Å². The third-order valence-electron chi connectivity index (χ3n) is 3.17. The highest BCUT2D eigenvalue weighted by Crippen LogP contribution is 2.26. The van der Waals surface area contributed by atoms with Gasteiger partial charge in [-0.1, -0.05) is 19.8 Å². The molecule has 17 heavy (non-hydrogen) atoms. The molecule has 1 N–H and O–H groups in total. The number of aliphatic hydroxyl groups is 1. The highest BCUT2D eigenvalue weighted by molar-refractivity contribution is 7.89. The second-order valence-electron chi connectivity index (χ2n) is 4.81. The molecule has 0 amide bonds. The smallest absolute Gasteiger partial charge is 0.214 e. The molecular formula is C11H22ClNO3S. The summed E-state index contributed by atoms with van der Waals surface area (Å²) in [6.45, 7) is 1.92. The third-order valence-corrected chi connectivity index (χ3v) is 5.88. The van der Waals surface area contributed by atoms with Gasteiger partial charge in [0.2, 0.25) is 10.0 Å². The second-order valence-corrected chi connectivity index (χ2v) is 7.09. The Kier molecular flexibility index (Phi) is 6.20. The zero-order chi connectivity index (χ0) is 12.9. The van der Waals surface area contributed by atoms with Crippen LogP contribution in [0.1, 0.15) is 32.6 Å². The van der Waals surface area contributed by atoms with Crippen molar-refractivity contribution < 1.29 is 13.5 Å². The number of halogens is 1. The van der Waals surface area contributed by atoms with E-state index in [1.54, 1.807) is 0 Å². The van der Waals surface area contributed by atoms with E-state index in [2.05, 4.69) is 0 Å². The van der Waals surface area contributed by atoms with Crippen LogP contribution in [0.5, 0.6) is 0 Å². The van der Waals surface area contributed by atoms with Gasteiger partial charge in [-0.05, 0) is 18.8 Å². The SMILES string of the molecule is CC(CCl)CS(=O)(=O)N(CCO)C1CCCC1. The van der Waals surface area contributed by atoms with Gasteiger partial charge in [-0.2, -0.15) is 4.31 Å². The standard InChI is InChI=1S/C11H22ClNO3S/c1-10(8-12)9-17(15,16)13(6-7-14)11-4-2-3-5-11/h10-11,14H,2-9H2,1H3. The van der Waals surface area contributed by atoms with Crippen LogP contribution in [0, 0.1) is 5.92 Å². The van der Waals surface area contributed by atoms with E-state index in [0.29, 0.717) is 5.88 Å². The number of sulfonamides is 1. The van der Waals surface area contributed by atoms with Crippen LogP contribution >= 0.6 is 11.6 Å². The molecular weight excluding hydrogens is 262 g/mol. The highest BCUT2D eigenvalue weighted by atomic mass is 35.5. The Morgan fingerprint density at radius 3 is 2.47 bits per heavy atom. The van der Waals surface area contributed by atoms with Crippen molar-refractivity contribution in [2.24, 2.45) is 5.92 Å². The monoisotopic (exact) mass is 283 g/mol. The summed E-state index contributed by atoms with van der Waals surface area (Å²) in [5.41, 5.74) is 0. The molecule has 1 rings (SSSR count). The lowest BCUT2D eigenvalue weighted by Gasteiger charge is -2.28. The summed E-state index contributed by atoms with van der Waals surface area (Å²) in [6, 6.07) is 0.0784. The summed E-state index contributed by atoms with van der Waals surface area (Å²) in [6.07, 6.45) is 3.98. The molecule has 0 radical (unpaired) electrons. The van der Waals surface area contributed by atoms with Crippen LogP contribution in [0.2, 0.25) is 0 Å². The Hall–Kier alpha value is 0.160. The molecule has 0 aromatic rings. The van der Waals surface area contributed by atoms with Gasteiger partial charge in [-0.25, -0.2) is 8.42 Å². The number of hydrogen-bond donors (Lipinski definition) is 1. The lowest BCUT2D eigenvalue weighted by molar-refractivity contribution is 0.226. The van der Waals surface area contributed by atoms with E-state index in [1.165, 1.54) is 4.31 Å². The Bertz CT molecular complexity index is 315. The molecule has 0 aromatic heterocycles. The Morgan fingerprint density at radius 1 is 1.41 bits per heavy atom. The van der Waals surface area contributed by atoms with E-state index in [9.17, 15) is 8.42 Å². The number of nitrogens with zero attached hydrogens (tertiary/aromatic N) is 1. The summed E-state index contributed by atoms with van der Waals surface area (Å²) in [7, 11) is -3.29. The normalized spacial score (nSPS) is 20.0. The Morgan fingerprint density at radius 2 is 2.00 bits per heavy atom. The maximum atomic E-state index is 12.2. The van der Waals surface area contributed by atoms with Crippen LogP contribution < -0.4 is 0 Å². The second kappa shape index (κ2) is 6.92. The first-order chi connectivity index (χ1) is 8.01. The van der Waals surface area contributed by atoms with Crippen molar-refractivity contribution >= 4 is 21.6 Å². The predicted octanol–water partition coefficient (Wildman–Crippen LogP) is 1.43. The van der Waals surface area contributed by atoms with Crippen molar-refractivity contribution in [3.8, 4) is 0 Å². The van der Waals surface area contributed by atoms with E-state index >= 15 is 0 Å². The van der Waals surface area contributed by atoms with E-state index in [1.807, 2.05) is 6.92 Å². The predicted molar refractivity (Wildman–Crippen MR) is 69.7 cm³/mol. The van der Waals surface area contributed by atoms with Crippen molar-refractivity contribution in [1.29, 1.82) is 0 Å². The topological polar surface area (TPSA) is 57.6 Å². The van der Waals surface area contributed by atoms with Crippen LogP contribution in [-0.2, 0) is 10.0 Å². The maximum Gasteiger partial charge on any atom is 0.214 e. The minimum atomic E-state index is -3.29. The summed E-state index contributed by atoms with van der Waals surface area (Å²) in [5, 5.41) is 9.02. The van der Waals surface area contributed by atoms with E-state index in [-0.39, 0.29) is 30.9 Å². The number of aliphatic hydroxyl groups excluding tert-OH is 1. The van der Waals surface area contributed by atoms with Crippen molar-refractivity contribution in [3.63, 3.8) is 0 Å². The van der Waals surface area contributed by atoms with Crippen LogP contribution in [0.3, 0.4) is 0 Å². The van der Waals surface area contributed by atoms with Crippen molar-refractivity contribution in [2.45, 2.75) is 38.6 Å². The molecule has 1 fully saturated rings. The molecule has 0 bridgehead atoms. The van der Waals surface area contributed by atoms with Gasteiger partial charge in [0.15, 0.2) is 0 Å². The van der Waals surface area contributed by atoms with Crippen LogP contribution in [0.25, 0.3) is 0 Å². The van der Waals surface area contributed by atoms with Gasteiger partial charge in [0.1, 0.15) is 0 Å². The average Bonchev–Trinajstić information content (AvgIpc) is 2.77. The van der Waals surface area contributed by atoms with Gasteiger partial charge in [0.25, 0.3) is 0 Å². The number of alkyl halides is 1. The van der Waals surface area contributed by atoms with Crippen LogP contribution in [-0.4, -0.2) is 48.7 Å². The van der Waals surface area contributed by atoms with Crippen LogP contribution in [0.4, 0.5) is 0 Å². The summed E-state index contributed by atoms with van der Waals surface area (Å²) < 4.78 is 26.0. The molecule has 1 aliphatic carbocycles. The molecule has 6 heteroatoms. The summed E-state index contributed by atoms with van der Waals surface area (Å²) in [4.78, 5) is 0. The maximum absolute atomic E-state index is 12.2. The molecule has 0 aromatic carbocycles. The van der Waals surface area contributed by atoms with Gasteiger partial charge in [-0.15, -0.1) is 11.6 Å². The van der Waals surface area contributed by atoms with Crippen molar-refractivity contribution in [1.82, 2.24) is 4.31 Å². The summed E-state index contributed by atoms with van der Waals surface area (Å²) >= 11 is 5.67. The largest absolute Gasteiger partial charge is 0.395 e. The number of rotatable bonds is 7. The Balaban J connectivity index is 2.73. The fourth-order valence-corrected chi connectivity index (χ4v) is 4.63. The fraction of sp³-hybridized carbons (Fsp3) is 1.00. The fourth-order valence-electron chi connectivity index (χ4n) is 2.34. The molecule has 0 aliphatic heterocycles. The van der Waals surface area contributed by atoms with Gasteiger partial charge >= 0.3 is 0 Å². The molecule has 0 spiro atoms. The average molecular weight is 284 g/mol. The Labute approximate surface area is 109 Å². The molecule has 1 atom stereocenters.